The van der Waals surface area contributed by atoms with Gasteiger partial charge in [-0.05, 0) is 33.1 Å². The van der Waals surface area contributed by atoms with E-state index >= 15 is 0 Å². The van der Waals surface area contributed by atoms with Gasteiger partial charge in [0, 0.05) is 23.0 Å². The Bertz CT molecular complexity index is 361. The molecule has 2 fully saturated rings. The maximum Gasteiger partial charge on any atom is 0.234 e. The van der Waals surface area contributed by atoms with Gasteiger partial charge in [-0.1, -0.05) is 19.8 Å². The minimum absolute atomic E-state index is 0.0250. The highest BCUT2D eigenvalue weighted by atomic mass is 32.2. The first-order chi connectivity index (χ1) is 8.95. The van der Waals surface area contributed by atoms with Gasteiger partial charge in [-0.25, -0.2) is 0 Å². The lowest BCUT2D eigenvalue weighted by atomic mass is 9.93. The number of carbonyl (C=O) groups excluding carboxylic acids is 2. The van der Waals surface area contributed by atoms with Crippen molar-refractivity contribution in [2.24, 2.45) is 5.92 Å². The Morgan fingerprint density at radius 2 is 1.89 bits per heavy atom. The lowest BCUT2D eigenvalue weighted by molar-refractivity contribution is -0.139. The van der Waals surface area contributed by atoms with E-state index in [9.17, 15) is 9.59 Å². The van der Waals surface area contributed by atoms with Crippen LogP contribution in [0.25, 0.3) is 0 Å². The molecule has 0 bridgehead atoms. The average Bonchev–Trinajstić information content (AvgIpc) is 2.92. The van der Waals surface area contributed by atoms with Crippen LogP contribution in [0.15, 0.2) is 0 Å². The Morgan fingerprint density at radius 3 is 2.47 bits per heavy atom. The molecule has 108 valence electrons. The minimum Gasteiger partial charge on any atom is -0.282 e. The Balaban J connectivity index is 2.03. The van der Waals surface area contributed by atoms with E-state index in [-0.39, 0.29) is 22.5 Å². The maximum absolute atomic E-state index is 12.4. The van der Waals surface area contributed by atoms with Crippen molar-refractivity contribution in [3.05, 3.63) is 0 Å². The second-order valence-corrected chi connectivity index (χ2v) is 8.22. The number of imide groups is 1. The summed E-state index contributed by atoms with van der Waals surface area (Å²) in [5, 5.41) is 0.679. The highest BCUT2D eigenvalue weighted by Gasteiger charge is 2.47. The largest absolute Gasteiger partial charge is 0.282 e. The second-order valence-electron chi connectivity index (χ2n) is 6.27. The number of hydrogen-bond acceptors (Lipinski definition) is 3. The van der Waals surface area contributed by atoms with Gasteiger partial charge >= 0.3 is 0 Å². The molecule has 19 heavy (non-hydrogen) atoms. The van der Waals surface area contributed by atoms with Gasteiger partial charge in [-0.2, -0.15) is 11.8 Å². The highest BCUT2D eigenvalue weighted by Crippen LogP contribution is 2.45. The van der Waals surface area contributed by atoms with Crippen LogP contribution in [0.4, 0.5) is 0 Å². The van der Waals surface area contributed by atoms with Crippen LogP contribution in [-0.2, 0) is 9.59 Å². The molecule has 1 saturated carbocycles. The third-order valence-corrected chi connectivity index (χ3v) is 6.00. The molecule has 0 aromatic rings. The van der Waals surface area contributed by atoms with E-state index in [1.165, 1.54) is 30.6 Å². The van der Waals surface area contributed by atoms with E-state index in [2.05, 4.69) is 13.8 Å². The molecule has 4 heteroatoms. The Morgan fingerprint density at radius 1 is 1.26 bits per heavy atom. The van der Waals surface area contributed by atoms with E-state index in [4.69, 9.17) is 0 Å². The van der Waals surface area contributed by atoms with Crippen molar-refractivity contribution in [2.75, 3.05) is 6.54 Å². The van der Waals surface area contributed by atoms with Crippen LogP contribution < -0.4 is 0 Å². The molecular weight excluding hydrogens is 258 g/mol. The summed E-state index contributed by atoms with van der Waals surface area (Å²) in [6, 6.07) is 0. The highest BCUT2D eigenvalue weighted by molar-refractivity contribution is 8.01. The topological polar surface area (TPSA) is 37.4 Å². The molecule has 2 aliphatic rings. The first-order valence-electron chi connectivity index (χ1n) is 7.47. The number of nitrogens with zero attached hydrogens (tertiary/aromatic N) is 1. The first kappa shape index (κ1) is 14.9. The molecule has 1 heterocycles. The lowest BCUT2D eigenvalue weighted by Crippen LogP contribution is -2.38. The summed E-state index contributed by atoms with van der Waals surface area (Å²) in [5.41, 5.74) is 0. The number of rotatable bonds is 5. The number of amides is 2. The molecule has 0 aromatic carbocycles. The van der Waals surface area contributed by atoms with Crippen LogP contribution in [-0.4, -0.2) is 33.3 Å². The van der Waals surface area contributed by atoms with Gasteiger partial charge in [0.1, 0.15) is 0 Å². The van der Waals surface area contributed by atoms with Crippen molar-refractivity contribution < 1.29 is 9.59 Å². The van der Waals surface area contributed by atoms with E-state index in [0.717, 1.165) is 6.42 Å². The summed E-state index contributed by atoms with van der Waals surface area (Å²) < 4.78 is -0.121. The minimum atomic E-state index is -0.128. The summed E-state index contributed by atoms with van der Waals surface area (Å²) in [5.74, 6) is -0.0450. The standard InChI is InChI=1S/C15H25NO2S/c1-4-9-16-13(17)10-12(14(16)18)15(2,3)19-11-7-5-6-8-11/h11-12H,4-10H2,1-3H3. The fourth-order valence-electron chi connectivity index (χ4n) is 3.20. The molecule has 0 aromatic heterocycles. The monoisotopic (exact) mass is 283 g/mol. The van der Waals surface area contributed by atoms with Crippen molar-refractivity contribution >= 4 is 23.6 Å². The molecule has 1 aliphatic heterocycles. The lowest BCUT2D eigenvalue weighted by Gasteiger charge is -2.32. The molecule has 2 amide bonds. The van der Waals surface area contributed by atoms with Crippen LogP contribution in [0.5, 0.6) is 0 Å². The van der Waals surface area contributed by atoms with Crippen LogP contribution >= 0.6 is 11.8 Å². The smallest absolute Gasteiger partial charge is 0.234 e. The fraction of sp³-hybridized carbons (Fsp3) is 0.867. The summed E-state index contributed by atoms with van der Waals surface area (Å²) in [6.45, 7) is 6.87. The van der Waals surface area contributed by atoms with Crippen LogP contribution in [0.2, 0.25) is 0 Å². The van der Waals surface area contributed by atoms with Crippen LogP contribution in [0, 0.1) is 5.92 Å². The van der Waals surface area contributed by atoms with E-state index in [0.29, 0.717) is 18.2 Å². The summed E-state index contributed by atoms with van der Waals surface area (Å²) in [7, 11) is 0. The predicted molar refractivity (Wildman–Crippen MR) is 79.0 cm³/mol. The van der Waals surface area contributed by atoms with Gasteiger partial charge in [0.25, 0.3) is 0 Å². The molecule has 1 aliphatic carbocycles. The Kier molecular flexibility index (Phi) is 4.59. The molecular formula is C15H25NO2S. The zero-order valence-electron chi connectivity index (χ0n) is 12.3. The third-order valence-electron chi connectivity index (χ3n) is 4.30. The maximum atomic E-state index is 12.4. The predicted octanol–water partition coefficient (Wildman–Crippen LogP) is 3.23. The first-order valence-corrected chi connectivity index (χ1v) is 8.35. The molecule has 1 saturated heterocycles. The van der Waals surface area contributed by atoms with E-state index < -0.39 is 0 Å². The molecule has 1 atom stereocenters. The van der Waals surface area contributed by atoms with Gasteiger partial charge in [-0.3, -0.25) is 14.5 Å². The SMILES string of the molecule is CCCN1C(=O)CC(C(C)(C)SC2CCCC2)C1=O. The van der Waals surface area contributed by atoms with E-state index in [1.54, 1.807) is 0 Å². The van der Waals surface area contributed by atoms with Gasteiger partial charge < -0.3 is 0 Å². The fourth-order valence-corrected chi connectivity index (χ4v) is 4.98. The van der Waals surface area contributed by atoms with Crippen molar-refractivity contribution in [1.82, 2.24) is 4.90 Å². The second kappa shape index (κ2) is 5.86. The molecule has 0 radical (unpaired) electrons. The molecule has 0 N–H and O–H groups in total. The van der Waals surface area contributed by atoms with Gasteiger partial charge in [0.15, 0.2) is 0 Å². The number of thioether (sulfide) groups is 1. The van der Waals surface area contributed by atoms with Crippen molar-refractivity contribution in [1.29, 1.82) is 0 Å². The quantitative estimate of drug-likeness (QED) is 0.727. The molecule has 1 unspecified atom stereocenters. The molecule has 0 spiro atoms. The summed E-state index contributed by atoms with van der Waals surface area (Å²) in [4.78, 5) is 25.9. The Hall–Kier alpha value is -0.510. The van der Waals surface area contributed by atoms with Gasteiger partial charge in [0.05, 0.1) is 5.92 Å². The Labute approximate surface area is 120 Å². The third kappa shape index (κ3) is 3.15. The molecule has 2 rings (SSSR count). The molecule has 3 nitrogen and oxygen atoms in total. The zero-order chi connectivity index (χ0) is 14.0. The van der Waals surface area contributed by atoms with Crippen molar-refractivity contribution in [2.45, 2.75) is 69.3 Å². The normalized spacial score (nSPS) is 25.6. The van der Waals surface area contributed by atoms with Crippen LogP contribution in [0.3, 0.4) is 0 Å². The zero-order valence-corrected chi connectivity index (χ0v) is 13.1. The number of likely N-dealkylation sites (tertiary alicyclic amines) is 1. The van der Waals surface area contributed by atoms with Gasteiger partial charge in [-0.15, -0.1) is 0 Å². The number of carbonyl (C=O) groups is 2. The van der Waals surface area contributed by atoms with E-state index in [1.807, 2.05) is 18.7 Å². The van der Waals surface area contributed by atoms with Crippen molar-refractivity contribution in [3.63, 3.8) is 0 Å². The summed E-state index contributed by atoms with van der Waals surface area (Å²) in [6.07, 6.45) is 6.41. The van der Waals surface area contributed by atoms with Crippen LogP contribution in [0.1, 0.15) is 59.3 Å². The number of hydrogen-bond donors (Lipinski definition) is 0. The summed E-state index contributed by atoms with van der Waals surface area (Å²) >= 11 is 1.93. The van der Waals surface area contributed by atoms with Crippen molar-refractivity contribution in [3.8, 4) is 0 Å². The average molecular weight is 283 g/mol. The van der Waals surface area contributed by atoms with Gasteiger partial charge in [0.2, 0.25) is 11.8 Å².